The van der Waals surface area contributed by atoms with Crippen molar-refractivity contribution in [2.45, 2.75) is 25.4 Å². The monoisotopic (exact) mass is 318 g/mol. The first-order valence-electron chi connectivity index (χ1n) is 6.52. The Bertz CT molecular complexity index is 653. The molecule has 0 radical (unpaired) electrons. The van der Waals surface area contributed by atoms with Crippen LogP contribution in [-0.2, 0) is 15.8 Å². The lowest BCUT2D eigenvalue weighted by Gasteiger charge is -2.12. The standard InChI is InChI=1S/C13H13F3N2O4/c14-13(15,16)8-4-9(11(20)17-5-8)18-10(19)6-1-2-7(3-6)12(21)22/h4-7H,1-3H2,(H,17,20)(H,18,19)(H,21,22)/t6-,7+/m0/s1. The van der Waals surface area contributed by atoms with Crippen LogP contribution in [0.3, 0.4) is 0 Å². The number of anilines is 1. The predicted molar refractivity (Wildman–Crippen MR) is 69.2 cm³/mol. The topological polar surface area (TPSA) is 99.3 Å². The first-order chi connectivity index (χ1) is 10.2. The number of pyridine rings is 1. The van der Waals surface area contributed by atoms with Crippen molar-refractivity contribution in [3.63, 3.8) is 0 Å². The molecular weight excluding hydrogens is 305 g/mol. The molecule has 0 spiro atoms. The fourth-order valence-electron chi connectivity index (χ4n) is 2.42. The van der Waals surface area contributed by atoms with Crippen molar-refractivity contribution in [1.29, 1.82) is 0 Å². The Morgan fingerprint density at radius 2 is 1.91 bits per heavy atom. The van der Waals surface area contributed by atoms with E-state index in [0.29, 0.717) is 25.1 Å². The number of aromatic nitrogens is 1. The van der Waals surface area contributed by atoms with E-state index in [9.17, 15) is 27.6 Å². The van der Waals surface area contributed by atoms with Crippen molar-refractivity contribution in [1.82, 2.24) is 4.98 Å². The molecule has 2 atom stereocenters. The first-order valence-corrected chi connectivity index (χ1v) is 6.52. The van der Waals surface area contributed by atoms with E-state index in [0.717, 1.165) is 0 Å². The number of aliphatic carboxylic acids is 1. The Balaban J connectivity index is 2.12. The summed E-state index contributed by atoms with van der Waals surface area (Å²) in [5, 5.41) is 11.0. The number of rotatable bonds is 3. The van der Waals surface area contributed by atoms with Gasteiger partial charge in [0.2, 0.25) is 5.91 Å². The Morgan fingerprint density at radius 3 is 2.45 bits per heavy atom. The van der Waals surface area contributed by atoms with Gasteiger partial charge in [-0.3, -0.25) is 14.4 Å². The zero-order valence-corrected chi connectivity index (χ0v) is 11.2. The van der Waals surface area contributed by atoms with Gasteiger partial charge in [-0.15, -0.1) is 0 Å². The van der Waals surface area contributed by atoms with E-state index in [4.69, 9.17) is 5.11 Å². The van der Waals surface area contributed by atoms with Crippen molar-refractivity contribution in [3.05, 3.63) is 28.2 Å². The van der Waals surface area contributed by atoms with Gasteiger partial charge in [0.15, 0.2) is 0 Å². The average Bonchev–Trinajstić information content (AvgIpc) is 2.89. The SMILES string of the molecule is O=C(O)[C@@H]1CC[C@H](C(=O)Nc2cc(C(F)(F)F)c[nH]c2=O)C1. The highest BCUT2D eigenvalue weighted by Gasteiger charge is 2.35. The number of carboxylic acids is 1. The number of carboxylic acid groups (broad SMARTS) is 1. The Morgan fingerprint density at radius 1 is 1.27 bits per heavy atom. The molecule has 0 aliphatic heterocycles. The number of alkyl halides is 3. The van der Waals surface area contributed by atoms with Crippen LogP contribution in [0.4, 0.5) is 18.9 Å². The third-order valence-electron chi connectivity index (χ3n) is 3.64. The molecule has 1 aromatic rings. The number of halogens is 3. The lowest BCUT2D eigenvalue weighted by atomic mass is 10.0. The number of hydrogen-bond acceptors (Lipinski definition) is 3. The quantitative estimate of drug-likeness (QED) is 0.791. The molecule has 1 aromatic heterocycles. The molecule has 1 saturated carbocycles. The molecule has 1 fully saturated rings. The van der Waals surface area contributed by atoms with Crippen LogP contribution in [0.1, 0.15) is 24.8 Å². The number of carbonyl (C=O) groups is 2. The third kappa shape index (κ3) is 3.46. The summed E-state index contributed by atoms with van der Waals surface area (Å²) >= 11 is 0. The van der Waals surface area contributed by atoms with E-state index < -0.39 is 46.7 Å². The number of carbonyl (C=O) groups excluding carboxylic acids is 1. The van der Waals surface area contributed by atoms with Crippen molar-refractivity contribution in [3.8, 4) is 0 Å². The van der Waals surface area contributed by atoms with Crippen molar-refractivity contribution >= 4 is 17.6 Å². The van der Waals surface area contributed by atoms with Gasteiger partial charge in [0, 0.05) is 12.1 Å². The van der Waals surface area contributed by atoms with Gasteiger partial charge < -0.3 is 15.4 Å². The minimum atomic E-state index is -4.65. The summed E-state index contributed by atoms with van der Waals surface area (Å²) in [6.07, 6.45) is -3.37. The fraction of sp³-hybridized carbons (Fsp3) is 0.462. The van der Waals surface area contributed by atoms with Crippen LogP contribution in [0.25, 0.3) is 0 Å². The average molecular weight is 318 g/mol. The van der Waals surface area contributed by atoms with Gasteiger partial charge in [-0.2, -0.15) is 13.2 Å². The second-order valence-corrected chi connectivity index (χ2v) is 5.16. The highest BCUT2D eigenvalue weighted by Crippen LogP contribution is 2.32. The van der Waals surface area contributed by atoms with Gasteiger partial charge in [0.25, 0.3) is 5.56 Å². The molecule has 2 rings (SSSR count). The van der Waals surface area contributed by atoms with Crippen molar-refractivity contribution in [2.24, 2.45) is 11.8 Å². The number of amides is 1. The molecule has 1 amide bonds. The van der Waals surface area contributed by atoms with Crippen LogP contribution in [0, 0.1) is 11.8 Å². The Labute approximate surface area is 122 Å². The molecule has 120 valence electrons. The number of aromatic amines is 1. The predicted octanol–water partition coefficient (Wildman–Crippen LogP) is 1.83. The Kier molecular flexibility index (Phi) is 4.25. The second-order valence-electron chi connectivity index (χ2n) is 5.16. The summed E-state index contributed by atoms with van der Waals surface area (Å²) in [6.45, 7) is 0. The highest BCUT2D eigenvalue weighted by atomic mass is 19.4. The molecular formula is C13H13F3N2O4. The molecule has 0 bridgehead atoms. The van der Waals surface area contributed by atoms with Gasteiger partial charge in [0.1, 0.15) is 5.69 Å². The van der Waals surface area contributed by atoms with E-state index in [-0.39, 0.29) is 6.42 Å². The summed E-state index contributed by atoms with van der Waals surface area (Å²) < 4.78 is 37.7. The maximum Gasteiger partial charge on any atom is 0.417 e. The van der Waals surface area contributed by atoms with Gasteiger partial charge in [-0.05, 0) is 25.3 Å². The van der Waals surface area contributed by atoms with E-state index >= 15 is 0 Å². The van der Waals surface area contributed by atoms with Gasteiger partial charge in [0.05, 0.1) is 11.5 Å². The van der Waals surface area contributed by atoms with E-state index in [2.05, 4.69) is 5.32 Å². The van der Waals surface area contributed by atoms with Crippen molar-refractivity contribution < 1.29 is 27.9 Å². The fourth-order valence-corrected chi connectivity index (χ4v) is 2.42. The normalized spacial score (nSPS) is 21.6. The first kappa shape index (κ1) is 16.1. The van der Waals surface area contributed by atoms with Crippen LogP contribution in [0.5, 0.6) is 0 Å². The molecule has 1 aliphatic rings. The molecule has 1 heterocycles. The maximum absolute atomic E-state index is 12.6. The summed E-state index contributed by atoms with van der Waals surface area (Å²) in [5.41, 5.74) is -2.44. The summed E-state index contributed by atoms with van der Waals surface area (Å²) in [4.78, 5) is 36.2. The van der Waals surface area contributed by atoms with Gasteiger partial charge >= 0.3 is 12.1 Å². The minimum absolute atomic E-state index is 0.109. The number of nitrogens with one attached hydrogen (secondary N) is 2. The summed E-state index contributed by atoms with van der Waals surface area (Å²) in [5.74, 6) is -2.92. The zero-order valence-electron chi connectivity index (χ0n) is 11.2. The molecule has 22 heavy (non-hydrogen) atoms. The maximum atomic E-state index is 12.6. The molecule has 6 nitrogen and oxygen atoms in total. The van der Waals surface area contributed by atoms with Crippen LogP contribution >= 0.6 is 0 Å². The zero-order chi connectivity index (χ0) is 16.5. The summed E-state index contributed by atoms with van der Waals surface area (Å²) in [7, 11) is 0. The number of H-pyrrole nitrogens is 1. The lowest BCUT2D eigenvalue weighted by Crippen LogP contribution is -2.26. The third-order valence-corrected chi connectivity index (χ3v) is 3.64. The Hall–Kier alpha value is -2.32. The molecule has 0 saturated heterocycles. The molecule has 0 unspecified atom stereocenters. The van der Waals surface area contributed by atoms with Crippen LogP contribution in [0.2, 0.25) is 0 Å². The van der Waals surface area contributed by atoms with E-state index in [1.807, 2.05) is 4.98 Å². The van der Waals surface area contributed by atoms with E-state index in [1.54, 1.807) is 0 Å². The minimum Gasteiger partial charge on any atom is -0.481 e. The second kappa shape index (κ2) is 5.82. The van der Waals surface area contributed by atoms with Gasteiger partial charge in [-0.25, -0.2) is 0 Å². The lowest BCUT2D eigenvalue weighted by molar-refractivity contribution is -0.141. The summed E-state index contributed by atoms with van der Waals surface area (Å²) in [6, 6.07) is 0.556. The molecule has 9 heteroatoms. The van der Waals surface area contributed by atoms with Gasteiger partial charge in [-0.1, -0.05) is 0 Å². The van der Waals surface area contributed by atoms with Crippen LogP contribution < -0.4 is 10.9 Å². The smallest absolute Gasteiger partial charge is 0.417 e. The molecule has 1 aliphatic carbocycles. The van der Waals surface area contributed by atoms with Crippen LogP contribution in [-0.4, -0.2) is 22.0 Å². The highest BCUT2D eigenvalue weighted by molar-refractivity contribution is 5.93. The number of hydrogen-bond donors (Lipinski definition) is 3. The van der Waals surface area contributed by atoms with Crippen LogP contribution in [0.15, 0.2) is 17.1 Å². The van der Waals surface area contributed by atoms with Crippen molar-refractivity contribution in [2.75, 3.05) is 5.32 Å². The van der Waals surface area contributed by atoms with E-state index in [1.165, 1.54) is 0 Å². The molecule has 0 aromatic carbocycles. The molecule has 3 N–H and O–H groups in total. The largest absolute Gasteiger partial charge is 0.481 e.